The van der Waals surface area contributed by atoms with Crippen LogP contribution in [0.15, 0.2) is 21.0 Å². The Hall–Kier alpha value is -1.62. The van der Waals surface area contributed by atoms with E-state index in [2.05, 4.69) is 15.5 Å². The van der Waals surface area contributed by atoms with Crippen molar-refractivity contribution in [2.24, 2.45) is 0 Å². The first kappa shape index (κ1) is 9.92. The van der Waals surface area contributed by atoms with Crippen LogP contribution in [-0.4, -0.2) is 23.8 Å². The number of rotatable bonds is 4. The number of nitrogens with one attached hydrogen (secondary N) is 1. The topological polar surface area (TPSA) is 64.1 Å². The van der Waals surface area contributed by atoms with Gasteiger partial charge in [0.25, 0.3) is 5.89 Å². The first-order chi connectivity index (χ1) is 7.29. The van der Waals surface area contributed by atoms with E-state index in [0.717, 1.165) is 18.7 Å². The zero-order chi connectivity index (χ0) is 10.7. The number of nitrogens with zero attached hydrogens (tertiary/aromatic N) is 2. The molecule has 0 radical (unpaired) electrons. The van der Waals surface area contributed by atoms with E-state index in [9.17, 15) is 0 Å². The summed E-state index contributed by atoms with van der Waals surface area (Å²) in [6.07, 6.45) is 0.725. The molecule has 0 aliphatic carbocycles. The highest BCUT2D eigenvalue weighted by Crippen LogP contribution is 2.20. The Morgan fingerprint density at radius 3 is 2.80 bits per heavy atom. The van der Waals surface area contributed by atoms with Gasteiger partial charge in [0.15, 0.2) is 5.76 Å². The lowest BCUT2D eigenvalue weighted by Crippen LogP contribution is -2.10. The van der Waals surface area contributed by atoms with E-state index < -0.39 is 0 Å². The average Bonchev–Trinajstić information content (AvgIpc) is 2.83. The Labute approximate surface area is 87.5 Å². The molecule has 0 aliphatic heterocycles. The molecule has 2 aromatic rings. The SMILES string of the molecule is CNCCc1nnc(-c2ccc(C)o2)o1. The lowest BCUT2D eigenvalue weighted by atomic mass is 10.4. The Morgan fingerprint density at radius 1 is 1.27 bits per heavy atom. The Bertz CT molecular complexity index is 433. The predicted molar refractivity (Wildman–Crippen MR) is 54.4 cm³/mol. The molecular weight excluding hydrogens is 194 g/mol. The molecule has 0 aromatic carbocycles. The van der Waals surface area contributed by atoms with E-state index >= 15 is 0 Å². The van der Waals surface area contributed by atoms with Crippen LogP contribution in [0.5, 0.6) is 0 Å². The molecule has 5 nitrogen and oxygen atoms in total. The summed E-state index contributed by atoms with van der Waals surface area (Å²) in [6, 6.07) is 3.69. The Kier molecular flexibility index (Phi) is 2.82. The normalized spacial score (nSPS) is 10.8. The number of furan rings is 1. The van der Waals surface area contributed by atoms with Crippen LogP contribution in [-0.2, 0) is 6.42 Å². The van der Waals surface area contributed by atoms with Crippen molar-refractivity contribution in [1.82, 2.24) is 15.5 Å². The van der Waals surface area contributed by atoms with Gasteiger partial charge in [0.05, 0.1) is 0 Å². The third-order valence-corrected chi connectivity index (χ3v) is 2.01. The summed E-state index contributed by atoms with van der Waals surface area (Å²) in [5.74, 6) is 2.51. The first-order valence-electron chi connectivity index (χ1n) is 4.83. The zero-order valence-electron chi connectivity index (χ0n) is 8.78. The van der Waals surface area contributed by atoms with Crippen LogP contribution in [0.1, 0.15) is 11.7 Å². The Morgan fingerprint density at radius 2 is 2.13 bits per heavy atom. The molecule has 2 heterocycles. The molecule has 5 heteroatoms. The van der Waals surface area contributed by atoms with Crippen LogP contribution in [0, 0.1) is 6.92 Å². The van der Waals surface area contributed by atoms with Crippen molar-refractivity contribution in [2.45, 2.75) is 13.3 Å². The number of hydrogen-bond acceptors (Lipinski definition) is 5. The minimum atomic E-state index is 0.439. The van der Waals surface area contributed by atoms with Gasteiger partial charge in [-0.1, -0.05) is 0 Å². The van der Waals surface area contributed by atoms with Crippen molar-refractivity contribution in [3.8, 4) is 11.7 Å². The molecule has 0 saturated carbocycles. The predicted octanol–water partition coefficient (Wildman–Crippen LogP) is 1.40. The second kappa shape index (κ2) is 4.27. The fourth-order valence-corrected chi connectivity index (χ4v) is 1.24. The first-order valence-corrected chi connectivity index (χ1v) is 4.83. The van der Waals surface area contributed by atoms with Crippen LogP contribution in [0.3, 0.4) is 0 Å². The van der Waals surface area contributed by atoms with E-state index in [4.69, 9.17) is 8.83 Å². The van der Waals surface area contributed by atoms with Crippen LogP contribution < -0.4 is 5.32 Å². The van der Waals surface area contributed by atoms with Gasteiger partial charge >= 0.3 is 0 Å². The van der Waals surface area contributed by atoms with Gasteiger partial charge in [-0.15, -0.1) is 10.2 Å². The van der Waals surface area contributed by atoms with Crippen molar-refractivity contribution in [1.29, 1.82) is 0 Å². The van der Waals surface area contributed by atoms with E-state index in [0.29, 0.717) is 17.5 Å². The Balaban J connectivity index is 2.13. The van der Waals surface area contributed by atoms with Crippen LogP contribution in [0.2, 0.25) is 0 Å². The molecular formula is C10H13N3O2. The number of aromatic nitrogens is 2. The van der Waals surface area contributed by atoms with Crippen LogP contribution in [0.25, 0.3) is 11.7 Å². The molecule has 2 aromatic heterocycles. The smallest absolute Gasteiger partial charge is 0.283 e. The minimum Gasteiger partial charge on any atom is -0.456 e. The lowest BCUT2D eigenvalue weighted by Gasteiger charge is -1.91. The monoisotopic (exact) mass is 207 g/mol. The van der Waals surface area contributed by atoms with Gasteiger partial charge in [-0.05, 0) is 26.1 Å². The highest BCUT2D eigenvalue weighted by atomic mass is 16.4. The summed E-state index contributed by atoms with van der Waals surface area (Å²) in [4.78, 5) is 0. The summed E-state index contributed by atoms with van der Waals surface area (Å²) >= 11 is 0. The van der Waals surface area contributed by atoms with Crippen molar-refractivity contribution in [3.05, 3.63) is 23.8 Å². The van der Waals surface area contributed by atoms with Gasteiger partial charge in [0.1, 0.15) is 5.76 Å². The molecule has 0 aliphatic rings. The zero-order valence-corrected chi connectivity index (χ0v) is 8.78. The second-order valence-electron chi connectivity index (χ2n) is 3.26. The molecule has 0 saturated heterocycles. The summed E-state index contributed by atoms with van der Waals surface area (Å²) in [5, 5.41) is 10.9. The van der Waals surface area contributed by atoms with Gasteiger partial charge in [-0.3, -0.25) is 0 Å². The van der Waals surface area contributed by atoms with Crippen molar-refractivity contribution in [2.75, 3.05) is 13.6 Å². The molecule has 0 fully saturated rings. The molecule has 0 unspecified atom stereocenters. The maximum atomic E-state index is 5.43. The molecule has 0 amide bonds. The molecule has 0 atom stereocenters. The highest BCUT2D eigenvalue weighted by Gasteiger charge is 2.10. The molecule has 1 N–H and O–H groups in total. The molecule has 15 heavy (non-hydrogen) atoms. The van der Waals surface area contributed by atoms with Crippen molar-refractivity contribution < 1.29 is 8.83 Å². The molecule has 0 bridgehead atoms. The van der Waals surface area contributed by atoms with Gasteiger partial charge in [-0.2, -0.15) is 0 Å². The summed E-state index contributed by atoms with van der Waals surface area (Å²) in [5.41, 5.74) is 0. The van der Waals surface area contributed by atoms with E-state index in [-0.39, 0.29) is 0 Å². The molecule has 2 rings (SSSR count). The summed E-state index contributed by atoms with van der Waals surface area (Å²) < 4.78 is 10.8. The van der Waals surface area contributed by atoms with Crippen LogP contribution >= 0.6 is 0 Å². The number of likely N-dealkylation sites (N-methyl/N-ethyl adjacent to an activating group) is 1. The van der Waals surface area contributed by atoms with Crippen molar-refractivity contribution in [3.63, 3.8) is 0 Å². The van der Waals surface area contributed by atoms with Gasteiger partial charge < -0.3 is 14.2 Å². The van der Waals surface area contributed by atoms with E-state index in [1.165, 1.54) is 0 Å². The fourth-order valence-electron chi connectivity index (χ4n) is 1.24. The number of aryl methyl sites for hydroxylation is 1. The molecule has 0 spiro atoms. The summed E-state index contributed by atoms with van der Waals surface area (Å²) in [6.45, 7) is 2.70. The summed E-state index contributed by atoms with van der Waals surface area (Å²) in [7, 11) is 1.88. The van der Waals surface area contributed by atoms with Gasteiger partial charge in [0, 0.05) is 13.0 Å². The largest absolute Gasteiger partial charge is 0.456 e. The number of hydrogen-bond donors (Lipinski definition) is 1. The van der Waals surface area contributed by atoms with E-state index in [1.54, 1.807) is 0 Å². The van der Waals surface area contributed by atoms with Crippen LogP contribution in [0.4, 0.5) is 0 Å². The third kappa shape index (κ3) is 2.24. The average molecular weight is 207 g/mol. The van der Waals surface area contributed by atoms with Gasteiger partial charge in [-0.25, -0.2) is 0 Å². The van der Waals surface area contributed by atoms with E-state index in [1.807, 2.05) is 26.1 Å². The van der Waals surface area contributed by atoms with Gasteiger partial charge in [0.2, 0.25) is 5.89 Å². The minimum absolute atomic E-state index is 0.439. The maximum absolute atomic E-state index is 5.43. The quantitative estimate of drug-likeness (QED) is 0.821. The standard InChI is InChI=1S/C10H13N3O2/c1-7-3-4-8(14-7)10-13-12-9(15-10)5-6-11-2/h3-4,11H,5-6H2,1-2H3. The van der Waals surface area contributed by atoms with Crippen molar-refractivity contribution >= 4 is 0 Å². The maximum Gasteiger partial charge on any atom is 0.283 e. The molecule has 80 valence electrons. The second-order valence-corrected chi connectivity index (χ2v) is 3.26. The lowest BCUT2D eigenvalue weighted by molar-refractivity contribution is 0.469. The third-order valence-electron chi connectivity index (χ3n) is 2.01. The highest BCUT2D eigenvalue weighted by molar-refractivity contribution is 5.43. The fraction of sp³-hybridized carbons (Fsp3) is 0.400.